The fourth-order valence-corrected chi connectivity index (χ4v) is 2.43. The van der Waals surface area contributed by atoms with Crippen LogP contribution in [-0.2, 0) is 18.3 Å². The lowest BCUT2D eigenvalue weighted by Gasteiger charge is -2.22. The van der Waals surface area contributed by atoms with E-state index < -0.39 is 0 Å². The average Bonchev–Trinajstić information content (AvgIpc) is 3.00. The normalized spacial score (nSPS) is 18.6. The Hall–Kier alpha value is -0.850. The summed E-state index contributed by atoms with van der Waals surface area (Å²) in [5.74, 6) is 0. The van der Waals surface area contributed by atoms with E-state index in [1.807, 2.05) is 19.0 Å². The summed E-state index contributed by atoms with van der Waals surface area (Å²) in [5, 5.41) is 8.71. The molecule has 0 spiro atoms. The summed E-state index contributed by atoms with van der Waals surface area (Å²) >= 11 is 11.4. The molecule has 0 amide bonds. The number of nitrogens with one attached hydrogen (secondary N) is 1. The lowest BCUT2D eigenvalue weighted by molar-refractivity contribution is 0.113. The Bertz CT molecular complexity index is 425. The van der Waals surface area contributed by atoms with Crippen LogP contribution in [0, 0.1) is 0 Å². The van der Waals surface area contributed by atoms with Crippen LogP contribution in [-0.4, -0.2) is 46.1 Å². The number of hydrogen-bond donors (Lipinski definition) is 1. The summed E-state index contributed by atoms with van der Waals surface area (Å²) in [7, 11) is 3.81. The van der Waals surface area contributed by atoms with E-state index >= 15 is 0 Å². The van der Waals surface area contributed by atoms with Crippen molar-refractivity contribution in [1.82, 2.24) is 20.0 Å². The first-order chi connectivity index (χ1) is 9.08. The molecule has 2 rings (SSSR count). The Morgan fingerprint density at radius 3 is 3.11 bits per heavy atom. The van der Waals surface area contributed by atoms with Gasteiger partial charge in [-0.2, -0.15) is 5.10 Å². The van der Waals surface area contributed by atoms with Gasteiger partial charge in [-0.15, -0.1) is 0 Å². The lowest BCUT2D eigenvalue weighted by Crippen LogP contribution is -2.40. The molecule has 19 heavy (non-hydrogen) atoms. The molecule has 1 fully saturated rings. The molecular formula is C12H19ClN4OS. The predicted octanol–water partition coefficient (Wildman–Crippen LogP) is 1.56. The van der Waals surface area contributed by atoms with E-state index in [1.165, 1.54) is 0 Å². The van der Waals surface area contributed by atoms with Crippen LogP contribution in [0.4, 0.5) is 0 Å². The van der Waals surface area contributed by atoms with Crippen LogP contribution < -0.4 is 5.32 Å². The van der Waals surface area contributed by atoms with Crippen molar-refractivity contribution in [2.45, 2.75) is 25.5 Å². The quantitative estimate of drug-likeness (QED) is 0.855. The van der Waals surface area contributed by atoms with Crippen molar-refractivity contribution in [1.29, 1.82) is 0 Å². The van der Waals surface area contributed by atoms with Gasteiger partial charge in [-0.05, 0) is 25.1 Å². The van der Waals surface area contributed by atoms with Crippen LogP contribution >= 0.6 is 23.8 Å². The SMILES string of the molecule is CN(Cc1c(Cl)cnn1C)C(=S)NCC1CCCO1. The van der Waals surface area contributed by atoms with Gasteiger partial charge in [-0.1, -0.05) is 11.6 Å². The van der Waals surface area contributed by atoms with E-state index in [0.29, 0.717) is 16.7 Å². The molecule has 2 heterocycles. The minimum atomic E-state index is 0.284. The van der Waals surface area contributed by atoms with Gasteiger partial charge in [-0.3, -0.25) is 4.68 Å². The van der Waals surface area contributed by atoms with Gasteiger partial charge < -0.3 is 15.0 Å². The largest absolute Gasteiger partial charge is 0.376 e. The van der Waals surface area contributed by atoms with Gasteiger partial charge in [0.05, 0.1) is 29.6 Å². The molecular weight excluding hydrogens is 284 g/mol. The van der Waals surface area contributed by atoms with E-state index in [2.05, 4.69) is 10.4 Å². The second-order valence-corrected chi connectivity index (χ2v) is 5.53. The first-order valence-electron chi connectivity index (χ1n) is 6.35. The fourth-order valence-electron chi connectivity index (χ4n) is 2.05. The molecule has 1 N–H and O–H groups in total. The van der Waals surface area contributed by atoms with Crippen molar-refractivity contribution < 1.29 is 4.74 Å². The molecule has 0 radical (unpaired) electrons. The minimum absolute atomic E-state index is 0.284. The zero-order chi connectivity index (χ0) is 13.8. The van der Waals surface area contributed by atoms with Crippen molar-refractivity contribution >= 4 is 28.9 Å². The van der Waals surface area contributed by atoms with E-state index in [9.17, 15) is 0 Å². The first-order valence-corrected chi connectivity index (χ1v) is 7.13. The third kappa shape index (κ3) is 3.81. The molecule has 1 aliphatic heterocycles. The maximum absolute atomic E-state index is 6.08. The number of aromatic nitrogens is 2. The van der Waals surface area contributed by atoms with Crippen LogP contribution in [0.2, 0.25) is 5.02 Å². The predicted molar refractivity (Wildman–Crippen MR) is 79.3 cm³/mol. The van der Waals surface area contributed by atoms with Gasteiger partial charge in [0.15, 0.2) is 5.11 Å². The summed E-state index contributed by atoms with van der Waals surface area (Å²) in [6.07, 6.45) is 4.17. The van der Waals surface area contributed by atoms with Crippen molar-refractivity contribution in [3.8, 4) is 0 Å². The van der Waals surface area contributed by atoms with Crippen LogP contribution in [0.25, 0.3) is 0 Å². The van der Waals surface area contributed by atoms with Gasteiger partial charge >= 0.3 is 0 Å². The van der Waals surface area contributed by atoms with Crippen LogP contribution in [0.15, 0.2) is 6.20 Å². The van der Waals surface area contributed by atoms with Gasteiger partial charge in [-0.25, -0.2) is 0 Å². The van der Waals surface area contributed by atoms with Crippen molar-refractivity contribution in [3.05, 3.63) is 16.9 Å². The van der Waals surface area contributed by atoms with Crippen molar-refractivity contribution in [2.75, 3.05) is 20.2 Å². The number of halogens is 1. The zero-order valence-electron chi connectivity index (χ0n) is 11.2. The maximum atomic E-state index is 6.08. The molecule has 1 aromatic rings. The van der Waals surface area contributed by atoms with Crippen LogP contribution in [0.1, 0.15) is 18.5 Å². The highest BCUT2D eigenvalue weighted by molar-refractivity contribution is 7.80. The standard InChI is InChI=1S/C12H19ClN4OS/c1-16(8-11-10(13)7-15-17(11)2)12(19)14-6-9-4-3-5-18-9/h7,9H,3-6,8H2,1-2H3,(H,14,19). The highest BCUT2D eigenvalue weighted by Crippen LogP contribution is 2.16. The highest BCUT2D eigenvalue weighted by atomic mass is 35.5. The van der Waals surface area contributed by atoms with Crippen LogP contribution in [0.3, 0.4) is 0 Å². The Labute approximate surface area is 123 Å². The number of rotatable bonds is 4. The minimum Gasteiger partial charge on any atom is -0.376 e. The Morgan fingerprint density at radius 1 is 1.74 bits per heavy atom. The second kappa shape index (κ2) is 6.54. The molecule has 1 atom stereocenters. The monoisotopic (exact) mass is 302 g/mol. The Kier molecular flexibility index (Phi) is 5.01. The van der Waals surface area contributed by atoms with Crippen molar-refractivity contribution in [3.63, 3.8) is 0 Å². The van der Waals surface area contributed by atoms with Crippen LogP contribution in [0.5, 0.6) is 0 Å². The van der Waals surface area contributed by atoms with E-state index in [1.54, 1.807) is 10.9 Å². The van der Waals surface area contributed by atoms with Gasteiger partial charge in [0.25, 0.3) is 0 Å². The molecule has 0 aliphatic carbocycles. The number of nitrogens with zero attached hydrogens (tertiary/aromatic N) is 3. The first kappa shape index (κ1) is 14.6. The third-order valence-corrected chi connectivity index (χ3v) is 4.02. The Morgan fingerprint density at radius 2 is 2.53 bits per heavy atom. The number of aryl methyl sites for hydroxylation is 1. The van der Waals surface area contributed by atoms with E-state index in [4.69, 9.17) is 28.6 Å². The average molecular weight is 303 g/mol. The molecule has 7 heteroatoms. The molecule has 0 aromatic carbocycles. The molecule has 0 saturated carbocycles. The highest BCUT2D eigenvalue weighted by Gasteiger charge is 2.17. The summed E-state index contributed by atoms with van der Waals surface area (Å²) in [4.78, 5) is 1.95. The number of thiocarbonyl (C=S) groups is 1. The Balaban J connectivity index is 1.82. The fraction of sp³-hybridized carbons (Fsp3) is 0.667. The summed E-state index contributed by atoms with van der Waals surface area (Å²) < 4.78 is 7.32. The lowest BCUT2D eigenvalue weighted by atomic mass is 10.2. The second-order valence-electron chi connectivity index (χ2n) is 4.74. The summed E-state index contributed by atoms with van der Waals surface area (Å²) in [5.41, 5.74) is 0.949. The molecule has 5 nitrogen and oxygen atoms in total. The van der Waals surface area contributed by atoms with Gasteiger partial charge in [0.2, 0.25) is 0 Å². The summed E-state index contributed by atoms with van der Waals surface area (Å²) in [6, 6.07) is 0. The number of ether oxygens (including phenoxy) is 1. The van der Waals surface area contributed by atoms with Crippen molar-refractivity contribution in [2.24, 2.45) is 7.05 Å². The van der Waals surface area contributed by atoms with E-state index in [0.717, 1.165) is 31.7 Å². The molecule has 1 saturated heterocycles. The molecule has 1 aromatic heterocycles. The third-order valence-electron chi connectivity index (χ3n) is 3.25. The van der Waals surface area contributed by atoms with Gasteiger partial charge in [0, 0.05) is 27.2 Å². The van der Waals surface area contributed by atoms with E-state index in [-0.39, 0.29) is 6.10 Å². The van der Waals surface area contributed by atoms with Gasteiger partial charge in [0.1, 0.15) is 0 Å². The molecule has 1 aliphatic rings. The zero-order valence-corrected chi connectivity index (χ0v) is 12.8. The smallest absolute Gasteiger partial charge is 0.169 e. The summed E-state index contributed by atoms with van der Waals surface area (Å²) in [6.45, 7) is 2.26. The topological polar surface area (TPSA) is 42.3 Å². The number of hydrogen-bond acceptors (Lipinski definition) is 3. The molecule has 1 unspecified atom stereocenters. The molecule has 106 valence electrons. The molecule has 0 bridgehead atoms. The maximum Gasteiger partial charge on any atom is 0.169 e.